The first-order chi connectivity index (χ1) is 8.69. The molecule has 0 aliphatic carbocycles. The van der Waals surface area contributed by atoms with Crippen LogP contribution in [0, 0.1) is 17.3 Å². The van der Waals surface area contributed by atoms with Crippen molar-refractivity contribution in [2.45, 2.75) is 0 Å². The van der Waals surface area contributed by atoms with Crippen LogP contribution in [0.15, 0.2) is 42.6 Å². The Morgan fingerprint density at radius 2 is 2.17 bits per heavy atom. The quantitative estimate of drug-likeness (QED) is 0.820. The monoisotopic (exact) mass is 241 g/mol. The van der Waals surface area contributed by atoms with Gasteiger partial charge in [-0.2, -0.15) is 9.65 Å². The highest BCUT2D eigenvalue weighted by Crippen LogP contribution is 2.11. The fraction of sp³-hybridized carbons (Fsp3) is 0. The summed E-state index contributed by atoms with van der Waals surface area (Å²) in [6.45, 7) is 0. The van der Waals surface area contributed by atoms with Gasteiger partial charge in [-0.05, 0) is 30.3 Å². The number of aromatic nitrogens is 1. The Balaban J connectivity index is 2.16. The van der Waals surface area contributed by atoms with Crippen LogP contribution in [0.5, 0.6) is 0 Å². The lowest BCUT2D eigenvalue weighted by Crippen LogP contribution is -2.12. The van der Waals surface area contributed by atoms with Crippen molar-refractivity contribution in [2.24, 2.45) is 0 Å². The molecule has 0 aliphatic rings. The number of benzene rings is 1. The van der Waals surface area contributed by atoms with Gasteiger partial charge in [-0.3, -0.25) is 4.79 Å². The molecule has 1 amide bonds. The number of carbonyl (C=O) groups is 1. The third-order valence-electron chi connectivity index (χ3n) is 2.24. The van der Waals surface area contributed by atoms with Crippen molar-refractivity contribution in [3.8, 4) is 6.07 Å². The highest BCUT2D eigenvalue weighted by Gasteiger charge is 2.06. The first-order valence-corrected chi connectivity index (χ1v) is 5.12. The molecule has 5 heteroatoms. The van der Waals surface area contributed by atoms with E-state index in [9.17, 15) is 9.18 Å². The van der Waals surface area contributed by atoms with Gasteiger partial charge < -0.3 is 5.32 Å². The van der Waals surface area contributed by atoms with E-state index in [0.717, 1.165) is 12.3 Å². The topological polar surface area (TPSA) is 65.8 Å². The Labute approximate surface area is 103 Å². The van der Waals surface area contributed by atoms with Crippen molar-refractivity contribution in [3.63, 3.8) is 0 Å². The zero-order valence-corrected chi connectivity index (χ0v) is 9.22. The highest BCUT2D eigenvalue weighted by molar-refractivity contribution is 6.04. The van der Waals surface area contributed by atoms with E-state index < -0.39 is 11.9 Å². The Kier molecular flexibility index (Phi) is 3.30. The summed E-state index contributed by atoms with van der Waals surface area (Å²) in [6.07, 6.45) is 1.15. The summed E-state index contributed by atoms with van der Waals surface area (Å²) in [5.41, 5.74) is 1.20. The lowest BCUT2D eigenvalue weighted by atomic mass is 10.2. The van der Waals surface area contributed by atoms with E-state index >= 15 is 0 Å². The Morgan fingerprint density at radius 1 is 1.33 bits per heavy atom. The predicted molar refractivity (Wildman–Crippen MR) is 63.3 cm³/mol. The minimum absolute atomic E-state index is 0.249. The minimum atomic E-state index is -0.641. The smallest absolute Gasteiger partial charge is 0.257 e. The number of nitriles is 1. The van der Waals surface area contributed by atoms with E-state index in [0.29, 0.717) is 11.3 Å². The third-order valence-corrected chi connectivity index (χ3v) is 2.24. The van der Waals surface area contributed by atoms with E-state index in [4.69, 9.17) is 5.26 Å². The Bertz CT molecular complexity index is 617. The summed E-state index contributed by atoms with van der Waals surface area (Å²) in [5.74, 6) is -1.05. The molecule has 2 rings (SSSR count). The maximum Gasteiger partial charge on any atom is 0.257 e. The summed E-state index contributed by atoms with van der Waals surface area (Å²) in [7, 11) is 0. The number of nitrogens with zero attached hydrogens (tertiary/aromatic N) is 2. The van der Waals surface area contributed by atoms with Crippen molar-refractivity contribution in [2.75, 3.05) is 5.32 Å². The zero-order valence-electron chi connectivity index (χ0n) is 9.22. The third kappa shape index (κ3) is 2.68. The van der Waals surface area contributed by atoms with Gasteiger partial charge in [-0.15, -0.1) is 0 Å². The molecule has 0 radical (unpaired) electrons. The molecule has 4 nitrogen and oxygen atoms in total. The molecule has 1 N–H and O–H groups in total. The molecule has 18 heavy (non-hydrogen) atoms. The Morgan fingerprint density at radius 3 is 2.83 bits per heavy atom. The summed E-state index contributed by atoms with van der Waals surface area (Å²) >= 11 is 0. The van der Waals surface area contributed by atoms with Gasteiger partial charge in [0.15, 0.2) is 0 Å². The van der Waals surface area contributed by atoms with Crippen molar-refractivity contribution in [3.05, 3.63) is 59.7 Å². The van der Waals surface area contributed by atoms with Crippen molar-refractivity contribution >= 4 is 11.6 Å². The molecular formula is C13H8FN3O. The summed E-state index contributed by atoms with van der Waals surface area (Å²) in [6, 6.07) is 10.9. The molecule has 0 saturated carbocycles. The predicted octanol–water partition coefficient (Wildman–Crippen LogP) is 2.34. The molecular weight excluding hydrogens is 233 g/mol. The van der Waals surface area contributed by atoms with Gasteiger partial charge in [-0.25, -0.2) is 4.98 Å². The van der Waals surface area contributed by atoms with Crippen LogP contribution >= 0.6 is 0 Å². The number of anilines is 1. The molecule has 0 unspecified atom stereocenters. The number of hydrogen-bond acceptors (Lipinski definition) is 3. The maximum absolute atomic E-state index is 12.6. The standard InChI is InChI=1S/C13H8FN3O/c14-12-5-4-10(8-16-12)13(18)17-11-3-1-2-9(6-11)7-15/h1-6,8H,(H,17,18). The van der Waals surface area contributed by atoms with Crippen LogP contribution in [0.2, 0.25) is 0 Å². The van der Waals surface area contributed by atoms with Crippen LogP contribution in [0.25, 0.3) is 0 Å². The second-order valence-electron chi connectivity index (χ2n) is 3.52. The molecule has 0 bridgehead atoms. The van der Waals surface area contributed by atoms with Crippen LogP contribution in [0.3, 0.4) is 0 Å². The van der Waals surface area contributed by atoms with E-state index in [-0.39, 0.29) is 5.56 Å². The first kappa shape index (κ1) is 11.7. The van der Waals surface area contributed by atoms with Crippen LogP contribution in [-0.4, -0.2) is 10.9 Å². The Hall–Kier alpha value is -2.74. The molecule has 1 heterocycles. The number of carbonyl (C=O) groups excluding carboxylic acids is 1. The van der Waals surface area contributed by atoms with E-state index in [2.05, 4.69) is 10.3 Å². The summed E-state index contributed by atoms with van der Waals surface area (Å²) in [4.78, 5) is 15.2. The average molecular weight is 241 g/mol. The van der Waals surface area contributed by atoms with Gasteiger partial charge in [0.05, 0.1) is 17.2 Å². The normalized spacial score (nSPS) is 9.56. The molecule has 2 aromatic rings. The summed E-state index contributed by atoms with van der Waals surface area (Å²) in [5, 5.41) is 11.3. The maximum atomic E-state index is 12.6. The fourth-order valence-corrected chi connectivity index (χ4v) is 1.38. The van der Waals surface area contributed by atoms with Gasteiger partial charge in [0.25, 0.3) is 5.91 Å². The molecule has 0 atom stereocenters. The molecule has 1 aromatic heterocycles. The first-order valence-electron chi connectivity index (χ1n) is 5.12. The fourth-order valence-electron chi connectivity index (χ4n) is 1.38. The number of rotatable bonds is 2. The lowest BCUT2D eigenvalue weighted by molar-refractivity contribution is 0.102. The van der Waals surface area contributed by atoms with E-state index in [1.807, 2.05) is 6.07 Å². The molecule has 0 spiro atoms. The molecule has 0 aliphatic heterocycles. The number of halogens is 1. The molecule has 0 fully saturated rings. The lowest BCUT2D eigenvalue weighted by Gasteiger charge is -2.04. The van der Waals surface area contributed by atoms with Gasteiger partial charge in [0.2, 0.25) is 5.95 Å². The second kappa shape index (κ2) is 5.06. The van der Waals surface area contributed by atoms with Crippen LogP contribution < -0.4 is 5.32 Å². The van der Waals surface area contributed by atoms with Gasteiger partial charge in [0.1, 0.15) is 0 Å². The largest absolute Gasteiger partial charge is 0.322 e. The molecule has 0 saturated heterocycles. The number of amides is 1. The molecule has 1 aromatic carbocycles. The van der Waals surface area contributed by atoms with Crippen molar-refractivity contribution in [1.82, 2.24) is 4.98 Å². The summed E-state index contributed by atoms with van der Waals surface area (Å²) < 4.78 is 12.6. The van der Waals surface area contributed by atoms with Crippen LogP contribution in [0.1, 0.15) is 15.9 Å². The number of pyridine rings is 1. The van der Waals surface area contributed by atoms with E-state index in [1.54, 1.807) is 24.3 Å². The zero-order chi connectivity index (χ0) is 13.0. The average Bonchev–Trinajstić information content (AvgIpc) is 2.39. The minimum Gasteiger partial charge on any atom is -0.322 e. The highest BCUT2D eigenvalue weighted by atomic mass is 19.1. The number of hydrogen-bond donors (Lipinski definition) is 1. The van der Waals surface area contributed by atoms with E-state index in [1.165, 1.54) is 6.07 Å². The van der Waals surface area contributed by atoms with Gasteiger partial charge >= 0.3 is 0 Å². The number of nitrogens with one attached hydrogen (secondary N) is 1. The van der Waals surface area contributed by atoms with Crippen LogP contribution in [-0.2, 0) is 0 Å². The van der Waals surface area contributed by atoms with Crippen molar-refractivity contribution < 1.29 is 9.18 Å². The SMILES string of the molecule is N#Cc1cccc(NC(=O)c2ccc(F)nc2)c1. The second-order valence-corrected chi connectivity index (χ2v) is 3.52. The van der Waals surface area contributed by atoms with Gasteiger partial charge in [0, 0.05) is 11.9 Å². The molecule has 88 valence electrons. The van der Waals surface area contributed by atoms with Crippen molar-refractivity contribution in [1.29, 1.82) is 5.26 Å². The van der Waals surface area contributed by atoms with Crippen LogP contribution in [0.4, 0.5) is 10.1 Å². The van der Waals surface area contributed by atoms with Gasteiger partial charge in [-0.1, -0.05) is 6.07 Å².